The van der Waals surface area contributed by atoms with Crippen LogP contribution in [-0.2, 0) is 0 Å². The first-order valence-electron chi connectivity index (χ1n) is 7.10. The minimum Gasteiger partial charge on any atom is -0.319 e. The third-order valence-corrected chi connectivity index (χ3v) is 5.00. The van der Waals surface area contributed by atoms with Gasteiger partial charge in [0.1, 0.15) is 0 Å². The molecule has 1 aromatic carbocycles. The van der Waals surface area contributed by atoms with Gasteiger partial charge < -0.3 is 5.32 Å². The molecule has 20 heavy (non-hydrogen) atoms. The molecule has 1 aromatic heterocycles. The van der Waals surface area contributed by atoms with Gasteiger partial charge >= 0.3 is 0 Å². The zero-order valence-electron chi connectivity index (χ0n) is 11.9. The van der Waals surface area contributed by atoms with E-state index in [-0.39, 0.29) is 0 Å². The van der Waals surface area contributed by atoms with Gasteiger partial charge in [0.25, 0.3) is 0 Å². The number of halogens is 1. The minimum absolute atomic E-state index is 0.452. The summed E-state index contributed by atoms with van der Waals surface area (Å²) in [4.78, 5) is 7.10. The molecule has 0 amide bonds. The molecule has 2 aromatic rings. The number of nitrogens with one attached hydrogen (secondary N) is 1. The molecule has 0 radical (unpaired) electrons. The molecule has 3 rings (SSSR count). The first kappa shape index (κ1) is 14.0. The molecular formula is C16H20BrN3. The minimum atomic E-state index is 0.452. The Kier molecular flexibility index (Phi) is 4.06. The molecule has 0 saturated carbocycles. The quantitative estimate of drug-likeness (QED) is 0.934. The number of pyridine rings is 1. The Bertz CT molecular complexity index is 612. The van der Waals surface area contributed by atoms with E-state index in [9.17, 15) is 0 Å². The van der Waals surface area contributed by atoms with Crippen molar-refractivity contribution in [3.05, 3.63) is 40.5 Å². The number of hydrogen-bond acceptors (Lipinski definition) is 3. The largest absolute Gasteiger partial charge is 0.319 e. The maximum atomic E-state index is 4.64. The Labute approximate surface area is 128 Å². The lowest BCUT2D eigenvalue weighted by Gasteiger charge is -2.26. The van der Waals surface area contributed by atoms with Gasteiger partial charge in [-0.25, -0.2) is 0 Å². The lowest BCUT2D eigenvalue weighted by atomic mass is 9.92. The molecular weight excluding hydrogens is 314 g/mol. The molecule has 3 nitrogen and oxygen atoms in total. The third-order valence-electron chi connectivity index (χ3n) is 4.31. The molecule has 2 heterocycles. The molecule has 1 saturated heterocycles. The highest BCUT2D eigenvalue weighted by atomic mass is 79.9. The van der Waals surface area contributed by atoms with E-state index in [4.69, 9.17) is 0 Å². The second-order valence-corrected chi connectivity index (χ2v) is 6.42. The van der Waals surface area contributed by atoms with Gasteiger partial charge in [0.15, 0.2) is 0 Å². The standard InChI is InChI=1S/C16H20BrN3/c1-18-10-11-7-9-20(2)16(11)13-5-6-14(17)12-4-3-8-19-15(12)13/h3-6,8,11,16,18H,7,9-10H2,1-2H3. The van der Waals surface area contributed by atoms with Crippen LogP contribution in [0.4, 0.5) is 0 Å². The number of benzene rings is 1. The molecule has 106 valence electrons. The van der Waals surface area contributed by atoms with Gasteiger partial charge in [0.2, 0.25) is 0 Å². The second-order valence-electron chi connectivity index (χ2n) is 5.57. The molecule has 1 N–H and O–H groups in total. The maximum absolute atomic E-state index is 4.64. The third kappa shape index (κ3) is 2.36. The van der Waals surface area contributed by atoms with E-state index >= 15 is 0 Å². The number of likely N-dealkylation sites (tertiary alicyclic amines) is 1. The summed E-state index contributed by atoms with van der Waals surface area (Å²) in [6.07, 6.45) is 3.13. The fraction of sp³-hybridized carbons (Fsp3) is 0.438. The molecule has 0 bridgehead atoms. The van der Waals surface area contributed by atoms with Crippen LogP contribution in [0.1, 0.15) is 18.0 Å². The average molecular weight is 334 g/mol. The first-order valence-corrected chi connectivity index (χ1v) is 7.89. The van der Waals surface area contributed by atoms with Gasteiger partial charge in [-0.15, -0.1) is 0 Å². The molecule has 1 aliphatic heterocycles. The van der Waals surface area contributed by atoms with Crippen LogP contribution in [0.5, 0.6) is 0 Å². The summed E-state index contributed by atoms with van der Waals surface area (Å²) < 4.78 is 1.12. The van der Waals surface area contributed by atoms with Crippen molar-refractivity contribution in [2.75, 3.05) is 27.2 Å². The predicted molar refractivity (Wildman–Crippen MR) is 86.8 cm³/mol. The maximum Gasteiger partial charge on any atom is 0.0761 e. The Hall–Kier alpha value is -0.970. The molecule has 0 spiro atoms. The summed E-state index contributed by atoms with van der Waals surface area (Å²) in [5.74, 6) is 0.649. The summed E-state index contributed by atoms with van der Waals surface area (Å²) in [7, 11) is 4.25. The van der Waals surface area contributed by atoms with Crippen LogP contribution < -0.4 is 5.32 Å². The van der Waals surface area contributed by atoms with Gasteiger partial charge in [0.05, 0.1) is 5.52 Å². The smallest absolute Gasteiger partial charge is 0.0761 e. The van der Waals surface area contributed by atoms with E-state index in [0.29, 0.717) is 12.0 Å². The number of rotatable bonds is 3. The van der Waals surface area contributed by atoms with Crippen molar-refractivity contribution in [1.29, 1.82) is 0 Å². The topological polar surface area (TPSA) is 28.2 Å². The molecule has 2 atom stereocenters. The van der Waals surface area contributed by atoms with E-state index in [2.05, 4.69) is 56.4 Å². The van der Waals surface area contributed by atoms with Crippen LogP contribution in [-0.4, -0.2) is 37.1 Å². The summed E-state index contributed by atoms with van der Waals surface area (Å²) in [6, 6.07) is 8.97. The lowest BCUT2D eigenvalue weighted by molar-refractivity contribution is 0.276. The average Bonchev–Trinajstić information content (AvgIpc) is 2.82. The Morgan fingerprint density at radius 1 is 1.40 bits per heavy atom. The normalized spacial score (nSPS) is 23.6. The summed E-state index contributed by atoms with van der Waals surface area (Å²) in [5.41, 5.74) is 2.48. The molecule has 0 aliphatic carbocycles. The molecule has 4 heteroatoms. The highest BCUT2D eigenvalue weighted by Crippen LogP contribution is 2.39. The fourth-order valence-electron chi connectivity index (χ4n) is 3.39. The number of hydrogen-bond donors (Lipinski definition) is 1. The highest BCUT2D eigenvalue weighted by Gasteiger charge is 2.33. The number of aromatic nitrogens is 1. The van der Waals surface area contributed by atoms with E-state index in [1.54, 1.807) is 0 Å². The Morgan fingerprint density at radius 2 is 2.25 bits per heavy atom. The van der Waals surface area contributed by atoms with Crippen molar-refractivity contribution in [3.63, 3.8) is 0 Å². The number of nitrogens with zero attached hydrogens (tertiary/aromatic N) is 2. The molecule has 2 unspecified atom stereocenters. The molecule has 1 aliphatic rings. The van der Waals surface area contributed by atoms with Crippen LogP contribution in [0.15, 0.2) is 34.9 Å². The van der Waals surface area contributed by atoms with Crippen LogP contribution >= 0.6 is 15.9 Å². The van der Waals surface area contributed by atoms with Crippen LogP contribution in [0.3, 0.4) is 0 Å². The van der Waals surface area contributed by atoms with Crippen LogP contribution in [0, 0.1) is 5.92 Å². The van der Waals surface area contributed by atoms with Gasteiger partial charge in [-0.3, -0.25) is 9.88 Å². The van der Waals surface area contributed by atoms with E-state index < -0.39 is 0 Å². The van der Waals surface area contributed by atoms with Crippen molar-refractivity contribution in [2.24, 2.45) is 5.92 Å². The van der Waals surface area contributed by atoms with E-state index in [1.165, 1.54) is 17.4 Å². The van der Waals surface area contributed by atoms with Crippen molar-refractivity contribution in [1.82, 2.24) is 15.2 Å². The van der Waals surface area contributed by atoms with Crippen molar-refractivity contribution in [2.45, 2.75) is 12.5 Å². The monoisotopic (exact) mass is 333 g/mol. The molecule has 1 fully saturated rings. The van der Waals surface area contributed by atoms with Crippen LogP contribution in [0.25, 0.3) is 10.9 Å². The predicted octanol–water partition coefficient (Wildman–Crippen LogP) is 3.21. The first-order chi connectivity index (χ1) is 9.72. The summed E-state index contributed by atoms with van der Waals surface area (Å²) >= 11 is 3.63. The van der Waals surface area contributed by atoms with Crippen LogP contribution in [0.2, 0.25) is 0 Å². The Balaban J connectivity index is 2.11. The highest BCUT2D eigenvalue weighted by molar-refractivity contribution is 9.10. The lowest BCUT2D eigenvalue weighted by Crippen LogP contribution is -2.27. The number of fused-ring (bicyclic) bond motifs is 1. The SMILES string of the molecule is CNCC1CCN(C)C1c1ccc(Br)c2cccnc12. The van der Waals surface area contributed by atoms with Gasteiger partial charge in [-0.05, 0) is 57.2 Å². The van der Waals surface area contributed by atoms with E-state index in [0.717, 1.165) is 23.1 Å². The zero-order chi connectivity index (χ0) is 14.1. The van der Waals surface area contributed by atoms with Gasteiger partial charge in [-0.1, -0.05) is 28.1 Å². The summed E-state index contributed by atoms with van der Waals surface area (Å²) in [5, 5.41) is 4.54. The Morgan fingerprint density at radius 3 is 3.05 bits per heavy atom. The van der Waals surface area contributed by atoms with Crippen molar-refractivity contribution >= 4 is 26.8 Å². The zero-order valence-corrected chi connectivity index (χ0v) is 13.5. The van der Waals surface area contributed by atoms with Crippen molar-refractivity contribution in [3.8, 4) is 0 Å². The van der Waals surface area contributed by atoms with Gasteiger partial charge in [-0.2, -0.15) is 0 Å². The van der Waals surface area contributed by atoms with Crippen molar-refractivity contribution < 1.29 is 0 Å². The fourth-order valence-corrected chi connectivity index (χ4v) is 3.84. The van der Waals surface area contributed by atoms with E-state index in [1.807, 2.05) is 19.3 Å². The second kappa shape index (κ2) is 5.80. The summed E-state index contributed by atoms with van der Waals surface area (Å²) in [6.45, 7) is 2.21. The van der Waals surface area contributed by atoms with Gasteiger partial charge in [0, 0.05) is 22.1 Å².